The second kappa shape index (κ2) is 6.68. The van der Waals surface area contributed by atoms with E-state index in [0.717, 1.165) is 28.5 Å². The Hall–Kier alpha value is -0.390. The highest BCUT2D eigenvalue weighted by Crippen LogP contribution is 2.21. The third-order valence-corrected chi connectivity index (χ3v) is 4.27. The first kappa shape index (κ1) is 14.0. The number of carbonyl (C=O) groups is 1. The Labute approximate surface area is 124 Å². The molecule has 18 heavy (non-hydrogen) atoms. The summed E-state index contributed by atoms with van der Waals surface area (Å²) in [5.74, 6) is -0.0210. The molecule has 0 spiro atoms. The lowest BCUT2D eigenvalue weighted by Gasteiger charge is -2.11. The van der Waals surface area contributed by atoms with E-state index < -0.39 is 0 Å². The van der Waals surface area contributed by atoms with Gasteiger partial charge < -0.3 is 10.6 Å². The van der Waals surface area contributed by atoms with E-state index >= 15 is 0 Å². The van der Waals surface area contributed by atoms with Crippen LogP contribution in [0.4, 0.5) is 0 Å². The number of amides is 1. The topological polar surface area (TPSA) is 41.1 Å². The zero-order valence-corrected chi connectivity index (χ0v) is 13.2. The lowest BCUT2D eigenvalue weighted by atomic mass is 10.1. The van der Waals surface area contributed by atoms with E-state index in [1.807, 2.05) is 18.2 Å². The first-order valence-electron chi connectivity index (χ1n) is 6.13. The highest BCUT2D eigenvalue weighted by Gasteiger charge is 2.14. The number of hydrogen-bond donors (Lipinski definition) is 2. The molecule has 0 bridgehead atoms. The quantitative estimate of drug-likeness (QED) is 0.848. The van der Waals surface area contributed by atoms with Gasteiger partial charge >= 0.3 is 0 Å². The lowest BCUT2D eigenvalue weighted by Crippen LogP contribution is -2.30. The van der Waals surface area contributed by atoms with Gasteiger partial charge in [0.25, 0.3) is 5.91 Å². The van der Waals surface area contributed by atoms with Crippen LogP contribution in [0.1, 0.15) is 29.6 Å². The van der Waals surface area contributed by atoms with E-state index in [4.69, 9.17) is 0 Å². The minimum absolute atomic E-state index is 0.0210. The molecule has 1 atom stereocenters. The first-order valence-corrected chi connectivity index (χ1v) is 7.72. The number of nitrogens with one attached hydrogen (secondary N) is 2. The van der Waals surface area contributed by atoms with Gasteiger partial charge in [-0.3, -0.25) is 4.79 Å². The Bertz CT molecular complexity index is 431. The van der Waals surface area contributed by atoms with Crippen molar-refractivity contribution in [3.8, 4) is 0 Å². The van der Waals surface area contributed by atoms with Crippen LogP contribution in [-0.2, 0) is 0 Å². The summed E-state index contributed by atoms with van der Waals surface area (Å²) < 4.78 is 1.77. The first-order chi connectivity index (χ1) is 8.66. The highest BCUT2D eigenvalue weighted by atomic mass is 79.9. The second-order valence-corrected chi connectivity index (χ2v) is 6.23. The van der Waals surface area contributed by atoms with Crippen LogP contribution in [0.25, 0.3) is 0 Å². The van der Waals surface area contributed by atoms with Crippen LogP contribution < -0.4 is 10.6 Å². The van der Waals surface area contributed by atoms with Crippen LogP contribution in [0.3, 0.4) is 0 Å². The molecule has 5 heteroatoms. The normalized spacial score (nSPS) is 18.9. The fourth-order valence-electron chi connectivity index (χ4n) is 2.13. The zero-order chi connectivity index (χ0) is 13.0. The fraction of sp³-hybridized carbons (Fsp3) is 0.462. The largest absolute Gasteiger partial charge is 0.352 e. The third-order valence-electron chi connectivity index (χ3n) is 3.12. The van der Waals surface area contributed by atoms with Crippen LogP contribution >= 0.6 is 31.9 Å². The average molecular weight is 376 g/mol. The summed E-state index contributed by atoms with van der Waals surface area (Å²) in [6.45, 7) is 1.83. The molecule has 1 aromatic rings. The predicted molar refractivity (Wildman–Crippen MR) is 79.8 cm³/mol. The Morgan fingerprint density at radius 2 is 2.28 bits per heavy atom. The SMILES string of the molecule is O=C(NCC[C@H]1CCCN1)c1ccc(Br)cc1Br. The molecule has 1 heterocycles. The summed E-state index contributed by atoms with van der Waals surface area (Å²) in [6.07, 6.45) is 3.47. The lowest BCUT2D eigenvalue weighted by molar-refractivity contribution is 0.0951. The van der Waals surface area contributed by atoms with Crippen LogP contribution in [0, 0.1) is 0 Å². The van der Waals surface area contributed by atoms with Crippen molar-refractivity contribution in [2.75, 3.05) is 13.1 Å². The van der Waals surface area contributed by atoms with Gasteiger partial charge in [-0.1, -0.05) is 15.9 Å². The Balaban J connectivity index is 1.83. The van der Waals surface area contributed by atoms with Gasteiger partial charge in [0.15, 0.2) is 0 Å². The summed E-state index contributed by atoms with van der Waals surface area (Å²) >= 11 is 6.78. The van der Waals surface area contributed by atoms with Gasteiger partial charge in [0.05, 0.1) is 5.56 Å². The summed E-state index contributed by atoms with van der Waals surface area (Å²) in [5.41, 5.74) is 0.678. The molecule has 1 amide bonds. The molecule has 2 rings (SSSR count). The number of hydrogen-bond acceptors (Lipinski definition) is 2. The molecule has 2 N–H and O–H groups in total. The number of benzene rings is 1. The molecule has 1 aliphatic heterocycles. The molecule has 0 aliphatic carbocycles. The third kappa shape index (κ3) is 3.80. The van der Waals surface area contributed by atoms with Crippen LogP contribution in [-0.4, -0.2) is 25.0 Å². The Kier molecular flexibility index (Phi) is 5.21. The molecular formula is C13H16Br2N2O. The highest BCUT2D eigenvalue weighted by molar-refractivity contribution is 9.11. The predicted octanol–water partition coefficient (Wildman–Crippen LogP) is 3.08. The van der Waals surface area contributed by atoms with Gasteiger partial charge in [-0.2, -0.15) is 0 Å². The number of halogens is 2. The molecule has 0 unspecified atom stereocenters. The van der Waals surface area contributed by atoms with Crippen LogP contribution in [0.5, 0.6) is 0 Å². The van der Waals surface area contributed by atoms with E-state index in [2.05, 4.69) is 42.5 Å². The maximum Gasteiger partial charge on any atom is 0.252 e. The fourth-order valence-corrected chi connectivity index (χ4v) is 3.36. The molecule has 0 saturated carbocycles. The summed E-state index contributed by atoms with van der Waals surface area (Å²) in [6, 6.07) is 6.14. The molecule has 3 nitrogen and oxygen atoms in total. The minimum Gasteiger partial charge on any atom is -0.352 e. The molecule has 1 aliphatic rings. The van der Waals surface area contributed by atoms with Crippen molar-refractivity contribution >= 4 is 37.8 Å². The molecule has 98 valence electrons. The Morgan fingerprint density at radius 1 is 1.44 bits per heavy atom. The molecule has 1 saturated heterocycles. The minimum atomic E-state index is -0.0210. The number of carbonyl (C=O) groups excluding carboxylic acids is 1. The maximum absolute atomic E-state index is 12.0. The van der Waals surface area contributed by atoms with Crippen molar-refractivity contribution < 1.29 is 4.79 Å². The monoisotopic (exact) mass is 374 g/mol. The van der Waals surface area contributed by atoms with Crippen molar-refractivity contribution in [1.82, 2.24) is 10.6 Å². The van der Waals surface area contributed by atoms with E-state index in [1.54, 1.807) is 0 Å². The van der Waals surface area contributed by atoms with Gasteiger partial charge in [-0.05, 0) is 59.9 Å². The van der Waals surface area contributed by atoms with Gasteiger partial charge in [0.1, 0.15) is 0 Å². The standard InChI is InChI=1S/C13H16Br2N2O/c14-9-3-4-11(12(15)8-9)13(18)17-7-5-10-2-1-6-16-10/h3-4,8,10,16H,1-2,5-7H2,(H,17,18)/t10-/m1/s1. The second-order valence-electron chi connectivity index (χ2n) is 4.46. The number of rotatable bonds is 4. The van der Waals surface area contributed by atoms with Crippen LogP contribution in [0.2, 0.25) is 0 Å². The van der Waals surface area contributed by atoms with E-state index in [0.29, 0.717) is 11.6 Å². The van der Waals surface area contributed by atoms with Crippen molar-refractivity contribution in [2.45, 2.75) is 25.3 Å². The molecule has 1 fully saturated rings. The van der Waals surface area contributed by atoms with Crippen molar-refractivity contribution in [3.05, 3.63) is 32.7 Å². The van der Waals surface area contributed by atoms with Gasteiger partial charge in [-0.15, -0.1) is 0 Å². The molecule has 0 aromatic heterocycles. The molecule has 0 radical (unpaired) electrons. The maximum atomic E-state index is 12.0. The summed E-state index contributed by atoms with van der Waals surface area (Å²) in [7, 11) is 0. The van der Waals surface area contributed by atoms with Crippen molar-refractivity contribution in [3.63, 3.8) is 0 Å². The van der Waals surface area contributed by atoms with Crippen molar-refractivity contribution in [1.29, 1.82) is 0 Å². The van der Waals surface area contributed by atoms with Crippen LogP contribution in [0.15, 0.2) is 27.1 Å². The van der Waals surface area contributed by atoms with Crippen molar-refractivity contribution in [2.24, 2.45) is 0 Å². The van der Waals surface area contributed by atoms with Gasteiger partial charge in [-0.25, -0.2) is 0 Å². The average Bonchev–Trinajstić information content (AvgIpc) is 2.81. The van der Waals surface area contributed by atoms with E-state index in [9.17, 15) is 4.79 Å². The summed E-state index contributed by atoms with van der Waals surface area (Å²) in [5, 5.41) is 6.38. The molecular weight excluding hydrogens is 360 g/mol. The molecule has 1 aromatic carbocycles. The summed E-state index contributed by atoms with van der Waals surface area (Å²) in [4.78, 5) is 12.0. The van der Waals surface area contributed by atoms with E-state index in [1.165, 1.54) is 12.8 Å². The Morgan fingerprint density at radius 3 is 2.94 bits per heavy atom. The van der Waals surface area contributed by atoms with Gasteiger partial charge in [0, 0.05) is 21.5 Å². The van der Waals surface area contributed by atoms with E-state index in [-0.39, 0.29) is 5.91 Å². The smallest absolute Gasteiger partial charge is 0.252 e. The zero-order valence-electron chi connectivity index (χ0n) is 10.0. The van der Waals surface area contributed by atoms with Gasteiger partial charge in [0.2, 0.25) is 0 Å².